The molecule has 0 aromatic heterocycles. The van der Waals surface area contributed by atoms with E-state index in [4.69, 9.17) is 0 Å². The maximum atomic E-state index is 13.0. The highest BCUT2D eigenvalue weighted by Crippen LogP contribution is 2.66. The first-order chi connectivity index (χ1) is 8.67. The number of likely N-dealkylation sites (tertiary alicyclic amines) is 1. The van der Waals surface area contributed by atoms with Gasteiger partial charge in [-0.25, -0.2) is 0 Å². The van der Waals surface area contributed by atoms with Crippen molar-refractivity contribution in [2.24, 2.45) is 29.1 Å². The maximum absolute atomic E-state index is 13.0. The molecule has 4 bridgehead atoms. The molecule has 2 unspecified atom stereocenters. The lowest BCUT2D eigenvalue weighted by molar-refractivity contribution is -0.145. The van der Waals surface area contributed by atoms with Crippen LogP contribution < -0.4 is 0 Å². The lowest BCUT2D eigenvalue weighted by Crippen LogP contribution is -2.47. The van der Waals surface area contributed by atoms with Crippen LogP contribution in [0.3, 0.4) is 0 Å². The van der Waals surface area contributed by atoms with Crippen molar-refractivity contribution in [3.8, 4) is 0 Å². The van der Waals surface area contributed by atoms with Gasteiger partial charge in [0.1, 0.15) is 0 Å². The lowest BCUT2D eigenvalue weighted by Gasteiger charge is -2.39. The molecule has 1 heterocycles. The summed E-state index contributed by atoms with van der Waals surface area (Å²) >= 11 is 0. The van der Waals surface area contributed by atoms with Crippen LogP contribution in [0.1, 0.15) is 51.9 Å². The smallest absolute Gasteiger partial charge is 0.229 e. The Morgan fingerprint density at radius 3 is 2.28 bits per heavy atom. The van der Waals surface area contributed by atoms with Gasteiger partial charge < -0.3 is 4.90 Å². The SMILES string of the molecule is CC1CCN(C(=O)C23CC4CC(CC2C4)C3)CC1. The summed E-state index contributed by atoms with van der Waals surface area (Å²) in [6.07, 6.45) is 9.08. The molecule has 4 aliphatic carbocycles. The van der Waals surface area contributed by atoms with Gasteiger partial charge in [-0.1, -0.05) is 6.92 Å². The minimum atomic E-state index is 0.119. The van der Waals surface area contributed by atoms with E-state index in [1.54, 1.807) is 0 Å². The number of carbonyl (C=O) groups is 1. The van der Waals surface area contributed by atoms with Crippen molar-refractivity contribution in [3.63, 3.8) is 0 Å². The Labute approximate surface area is 110 Å². The van der Waals surface area contributed by atoms with E-state index < -0.39 is 0 Å². The van der Waals surface area contributed by atoms with Crippen LogP contribution in [-0.2, 0) is 4.79 Å². The van der Waals surface area contributed by atoms with Gasteiger partial charge in [0.2, 0.25) is 5.91 Å². The summed E-state index contributed by atoms with van der Waals surface area (Å²) < 4.78 is 0. The number of nitrogens with zero attached hydrogens (tertiary/aromatic N) is 1. The van der Waals surface area contributed by atoms with Crippen LogP contribution >= 0.6 is 0 Å². The first-order valence-electron chi connectivity index (χ1n) is 7.97. The van der Waals surface area contributed by atoms with Gasteiger partial charge >= 0.3 is 0 Å². The number of carbonyl (C=O) groups excluding carboxylic acids is 1. The van der Waals surface area contributed by atoms with E-state index >= 15 is 0 Å². The Morgan fingerprint density at radius 1 is 1.06 bits per heavy atom. The Hall–Kier alpha value is -0.530. The van der Waals surface area contributed by atoms with E-state index in [2.05, 4.69) is 11.8 Å². The molecule has 0 aromatic carbocycles. The topological polar surface area (TPSA) is 20.3 Å². The molecule has 5 aliphatic rings. The van der Waals surface area contributed by atoms with Crippen LogP contribution in [0, 0.1) is 29.1 Å². The van der Waals surface area contributed by atoms with E-state index in [1.807, 2.05) is 0 Å². The van der Waals surface area contributed by atoms with Crippen LogP contribution in [0.25, 0.3) is 0 Å². The summed E-state index contributed by atoms with van der Waals surface area (Å²) in [6, 6.07) is 0. The van der Waals surface area contributed by atoms with Crippen molar-refractivity contribution in [2.45, 2.75) is 51.9 Å². The van der Waals surface area contributed by atoms with Crippen molar-refractivity contribution in [1.82, 2.24) is 4.90 Å². The Bertz CT molecular complexity index is 355. The third-order valence-corrected chi connectivity index (χ3v) is 6.49. The molecule has 18 heavy (non-hydrogen) atoms. The summed E-state index contributed by atoms with van der Waals surface area (Å²) in [4.78, 5) is 15.2. The van der Waals surface area contributed by atoms with E-state index in [0.29, 0.717) is 5.91 Å². The number of rotatable bonds is 1. The van der Waals surface area contributed by atoms with Gasteiger partial charge in [-0.05, 0) is 68.6 Å². The standard InChI is InChI=1S/C16H25NO/c1-11-2-4-17(5-3-11)15(18)16-9-12-6-13(10-16)8-14(16)7-12/h11-14H,2-10H2,1H3. The van der Waals surface area contributed by atoms with Crippen molar-refractivity contribution in [3.05, 3.63) is 0 Å². The second-order valence-electron chi connectivity index (χ2n) is 7.68. The first-order valence-corrected chi connectivity index (χ1v) is 7.97. The molecule has 100 valence electrons. The van der Waals surface area contributed by atoms with Gasteiger partial charge in [0.25, 0.3) is 0 Å². The molecule has 0 spiro atoms. The molecular weight excluding hydrogens is 222 g/mol. The van der Waals surface area contributed by atoms with Gasteiger partial charge in [0.05, 0.1) is 5.41 Å². The third kappa shape index (κ3) is 1.44. The Kier molecular flexibility index (Phi) is 2.35. The molecule has 0 aromatic rings. The molecule has 0 radical (unpaired) electrons. The molecular formula is C16H25NO. The van der Waals surface area contributed by atoms with Gasteiger partial charge in [-0.3, -0.25) is 4.79 Å². The molecule has 2 nitrogen and oxygen atoms in total. The summed E-state index contributed by atoms with van der Waals surface area (Å²) in [5.41, 5.74) is 0.119. The van der Waals surface area contributed by atoms with Crippen molar-refractivity contribution in [2.75, 3.05) is 13.1 Å². The fourth-order valence-electron chi connectivity index (χ4n) is 5.67. The largest absolute Gasteiger partial charge is 0.342 e. The summed E-state index contributed by atoms with van der Waals surface area (Å²) in [5, 5.41) is 0. The number of hydrogen-bond acceptors (Lipinski definition) is 1. The molecule has 5 rings (SSSR count). The van der Waals surface area contributed by atoms with Crippen molar-refractivity contribution >= 4 is 5.91 Å². The molecule has 2 atom stereocenters. The Morgan fingerprint density at radius 2 is 1.67 bits per heavy atom. The number of piperidine rings is 1. The highest BCUT2D eigenvalue weighted by molar-refractivity contribution is 5.84. The normalized spacial score (nSPS) is 46.9. The predicted molar refractivity (Wildman–Crippen MR) is 71.0 cm³/mol. The second kappa shape index (κ2) is 3.74. The molecule has 5 fully saturated rings. The third-order valence-electron chi connectivity index (χ3n) is 6.49. The molecule has 2 heteroatoms. The molecule has 1 aliphatic heterocycles. The van der Waals surface area contributed by atoms with Crippen LogP contribution in [0.4, 0.5) is 0 Å². The molecule has 1 amide bonds. The minimum Gasteiger partial charge on any atom is -0.342 e. The summed E-state index contributed by atoms with van der Waals surface area (Å²) in [7, 11) is 0. The van der Waals surface area contributed by atoms with E-state index in [9.17, 15) is 4.79 Å². The molecule has 4 saturated carbocycles. The predicted octanol–water partition coefficient (Wildman–Crippen LogP) is 3.07. The average Bonchev–Trinajstić information content (AvgIpc) is 2.76. The zero-order chi connectivity index (χ0) is 12.3. The zero-order valence-corrected chi connectivity index (χ0v) is 11.5. The van der Waals surface area contributed by atoms with E-state index in [1.165, 1.54) is 44.9 Å². The van der Waals surface area contributed by atoms with Crippen LogP contribution in [0.15, 0.2) is 0 Å². The minimum absolute atomic E-state index is 0.119. The van der Waals surface area contributed by atoms with Crippen molar-refractivity contribution < 1.29 is 4.79 Å². The average molecular weight is 247 g/mol. The van der Waals surface area contributed by atoms with Gasteiger partial charge in [0.15, 0.2) is 0 Å². The van der Waals surface area contributed by atoms with Crippen LogP contribution in [-0.4, -0.2) is 23.9 Å². The first kappa shape index (κ1) is 11.3. The monoisotopic (exact) mass is 247 g/mol. The lowest BCUT2D eigenvalue weighted by atomic mass is 9.74. The zero-order valence-electron chi connectivity index (χ0n) is 11.5. The highest BCUT2D eigenvalue weighted by atomic mass is 16.2. The fraction of sp³-hybridized carbons (Fsp3) is 0.938. The fourth-order valence-corrected chi connectivity index (χ4v) is 5.67. The molecule has 0 N–H and O–H groups in total. The highest BCUT2D eigenvalue weighted by Gasteiger charge is 2.62. The van der Waals surface area contributed by atoms with Crippen molar-refractivity contribution in [1.29, 1.82) is 0 Å². The van der Waals surface area contributed by atoms with Gasteiger partial charge in [-0.2, -0.15) is 0 Å². The quantitative estimate of drug-likeness (QED) is 0.697. The number of amides is 1. The van der Waals surface area contributed by atoms with Gasteiger partial charge in [-0.15, -0.1) is 0 Å². The van der Waals surface area contributed by atoms with Crippen LogP contribution in [0.5, 0.6) is 0 Å². The maximum Gasteiger partial charge on any atom is 0.229 e. The second-order valence-corrected chi connectivity index (χ2v) is 7.68. The van der Waals surface area contributed by atoms with Gasteiger partial charge in [0, 0.05) is 13.1 Å². The summed E-state index contributed by atoms with van der Waals surface area (Å²) in [5.74, 6) is 3.94. The number of hydrogen-bond donors (Lipinski definition) is 0. The van der Waals surface area contributed by atoms with E-state index in [-0.39, 0.29) is 5.41 Å². The van der Waals surface area contributed by atoms with E-state index in [0.717, 1.165) is 36.8 Å². The van der Waals surface area contributed by atoms with Crippen LogP contribution in [0.2, 0.25) is 0 Å². The molecule has 1 saturated heterocycles. The Balaban J connectivity index is 1.55. The summed E-state index contributed by atoms with van der Waals surface area (Å²) in [6.45, 7) is 4.39.